The largest absolute Gasteiger partial charge is 0.325 e. The van der Waals surface area contributed by atoms with Crippen molar-refractivity contribution in [3.8, 4) is 0 Å². The SMILES string of the molecule is O=C(CSc1nnc(NC(=O)[C@H]2CC(=O)N(c3ccc(F)cc3)C2)s1)Nc1ccc([N+](=O)[O-])cc1. The predicted octanol–water partition coefficient (Wildman–Crippen LogP) is 3.31. The maximum Gasteiger partial charge on any atom is 0.269 e. The average Bonchev–Trinajstić information content (AvgIpc) is 3.45. The van der Waals surface area contributed by atoms with Crippen LogP contribution in [0.25, 0.3) is 0 Å². The van der Waals surface area contributed by atoms with E-state index < -0.39 is 16.7 Å². The maximum absolute atomic E-state index is 13.1. The van der Waals surface area contributed by atoms with Crippen LogP contribution in [0.4, 0.5) is 26.6 Å². The van der Waals surface area contributed by atoms with Gasteiger partial charge in [0.05, 0.1) is 16.6 Å². The lowest BCUT2D eigenvalue weighted by Crippen LogP contribution is -2.28. The highest BCUT2D eigenvalue weighted by Crippen LogP contribution is 2.29. The zero-order valence-corrected chi connectivity index (χ0v) is 19.5. The van der Waals surface area contributed by atoms with Crippen LogP contribution in [0.15, 0.2) is 52.9 Å². The minimum absolute atomic E-state index is 0.0172. The molecule has 0 aliphatic carbocycles. The van der Waals surface area contributed by atoms with Crippen LogP contribution in [0, 0.1) is 21.8 Å². The molecule has 2 aromatic carbocycles. The van der Waals surface area contributed by atoms with E-state index >= 15 is 0 Å². The fourth-order valence-corrected chi connectivity index (χ4v) is 4.83. The van der Waals surface area contributed by atoms with E-state index in [-0.39, 0.29) is 47.3 Å². The van der Waals surface area contributed by atoms with Gasteiger partial charge in [-0.25, -0.2) is 4.39 Å². The van der Waals surface area contributed by atoms with Crippen LogP contribution in [0.5, 0.6) is 0 Å². The first kappa shape index (κ1) is 24.2. The molecule has 1 atom stereocenters. The molecule has 3 aromatic rings. The number of nitro groups is 1. The Morgan fingerprint density at radius 3 is 2.54 bits per heavy atom. The molecular weight excluding hydrogens is 499 g/mol. The molecule has 1 aliphatic rings. The Hall–Kier alpha value is -3.91. The van der Waals surface area contributed by atoms with Crippen molar-refractivity contribution >= 4 is 63.0 Å². The van der Waals surface area contributed by atoms with E-state index in [0.717, 1.165) is 23.1 Å². The zero-order valence-electron chi connectivity index (χ0n) is 17.8. The molecule has 3 amide bonds. The quantitative estimate of drug-likeness (QED) is 0.201. The molecule has 0 radical (unpaired) electrons. The Balaban J connectivity index is 1.26. The monoisotopic (exact) mass is 516 g/mol. The van der Waals surface area contributed by atoms with E-state index in [1.807, 2.05) is 0 Å². The number of amides is 3. The third-order valence-electron chi connectivity index (χ3n) is 4.96. The normalized spacial score (nSPS) is 15.2. The summed E-state index contributed by atoms with van der Waals surface area (Å²) >= 11 is 2.20. The van der Waals surface area contributed by atoms with Gasteiger partial charge in [-0.15, -0.1) is 10.2 Å². The number of thioether (sulfide) groups is 1. The first-order chi connectivity index (χ1) is 16.8. The summed E-state index contributed by atoms with van der Waals surface area (Å²) in [7, 11) is 0. The number of carbonyl (C=O) groups excluding carboxylic acids is 3. The number of anilines is 3. The molecule has 11 nitrogen and oxygen atoms in total. The minimum atomic E-state index is -0.597. The molecule has 0 bridgehead atoms. The molecule has 1 aliphatic heterocycles. The van der Waals surface area contributed by atoms with E-state index in [1.54, 1.807) is 0 Å². The third kappa shape index (κ3) is 6.16. The number of nitrogens with one attached hydrogen (secondary N) is 2. The molecule has 4 rings (SSSR count). The Bertz CT molecular complexity index is 1270. The van der Waals surface area contributed by atoms with Gasteiger partial charge in [0, 0.05) is 36.5 Å². The van der Waals surface area contributed by atoms with Crippen LogP contribution < -0.4 is 15.5 Å². The van der Waals surface area contributed by atoms with Crippen molar-refractivity contribution in [3.05, 3.63) is 64.5 Å². The highest BCUT2D eigenvalue weighted by molar-refractivity contribution is 8.01. The van der Waals surface area contributed by atoms with Gasteiger partial charge in [-0.2, -0.15) is 0 Å². The van der Waals surface area contributed by atoms with Crippen LogP contribution in [0.2, 0.25) is 0 Å². The summed E-state index contributed by atoms with van der Waals surface area (Å²) in [6.07, 6.45) is 0.0203. The molecule has 180 valence electrons. The number of non-ortho nitro benzene ring substituents is 1. The van der Waals surface area contributed by atoms with Crippen molar-refractivity contribution in [1.82, 2.24) is 10.2 Å². The second-order valence-electron chi connectivity index (χ2n) is 7.39. The van der Waals surface area contributed by atoms with E-state index in [4.69, 9.17) is 0 Å². The van der Waals surface area contributed by atoms with Gasteiger partial charge in [0.15, 0.2) is 4.34 Å². The molecule has 14 heteroatoms. The Labute approximate surface area is 205 Å². The molecule has 2 heterocycles. The van der Waals surface area contributed by atoms with Crippen molar-refractivity contribution in [3.63, 3.8) is 0 Å². The number of hydrogen-bond acceptors (Lipinski definition) is 9. The van der Waals surface area contributed by atoms with Crippen molar-refractivity contribution < 1.29 is 23.7 Å². The molecule has 35 heavy (non-hydrogen) atoms. The average molecular weight is 517 g/mol. The highest BCUT2D eigenvalue weighted by atomic mass is 32.2. The van der Waals surface area contributed by atoms with Crippen molar-refractivity contribution in [2.75, 3.05) is 27.8 Å². The molecule has 0 unspecified atom stereocenters. The molecule has 2 N–H and O–H groups in total. The fourth-order valence-electron chi connectivity index (χ4n) is 3.27. The molecule has 1 aromatic heterocycles. The van der Waals surface area contributed by atoms with Crippen molar-refractivity contribution in [2.45, 2.75) is 10.8 Å². The highest BCUT2D eigenvalue weighted by Gasteiger charge is 2.35. The predicted molar refractivity (Wildman–Crippen MR) is 128 cm³/mol. The number of carbonyl (C=O) groups is 3. The van der Waals surface area contributed by atoms with E-state index in [0.29, 0.717) is 15.7 Å². The van der Waals surface area contributed by atoms with Crippen LogP contribution >= 0.6 is 23.1 Å². The smallest absolute Gasteiger partial charge is 0.269 e. The summed E-state index contributed by atoms with van der Waals surface area (Å²) in [5, 5.41) is 24.0. The lowest BCUT2D eigenvalue weighted by molar-refractivity contribution is -0.384. The number of nitro benzene ring substituents is 1. The number of rotatable bonds is 8. The first-order valence-electron chi connectivity index (χ1n) is 10.2. The summed E-state index contributed by atoms with van der Waals surface area (Å²) in [6, 6.07) is 10.9. The van der Waals surface area contributed by atoms with Gasteiger partial charge >= 0.3 is 0 Å². The fraction of sp³-hybridized carbons (Fsp3) is 0.190. The lowest BCUT2D eigenvalue weighted by Gasteiger charge is -2.16. The zero-order chi connectivity index (χ0) is 24.9. The number of nitrogens with zero attached hydrogens (tertiary/aromatic N) is 4. The van der Waals surface area contributed by atoms with Gasteiger partial charge in [0.1, 0.15) is 5.82 Å². The summed E-state index contributed by atoms with van der Waals surface area (Å²) in [5.74, 6) is -1.95. The summed E-state index contributed by atoms with van der Waals surface area (Å²) in [5.41, 5.74) is 0.867. The van der Waals surface area contributed by atoms with Gasteiger partial charge in [0.2, 0.25) is 22.9 Å². The Morgan fingerprint density at radius 1 is 1.14 bits per heavy atom. The van der Waals surface area contributed by atoms with Gasteiger partial charge < -0.3 is 15.5 Å². The van der Waals surface area contributed by atoms with Gasteiger partial charge in [-0.05, 0) is 36.4 Å². The van der Waals surface area contributed by atoms with Crippen LogP contribution in [-0.2, 0) is 14.4 Å². The molecule has 0 saturated carbocycles. The second kappa shape index (κ2) is 10.6. The second-order valence-corrected chi connectivity index (χ2v) is 9.59. The number of hydrogen-bond donors (Lipinski definition) is 2. The maximum atomic E-state index is 13.1. The standard InChI is InChI=1S/C21H17FN6O5S2/c22-13-1-5-15(6-2-13)27-10-12(9-18(27)30)19(31)24-20-25-26-21(35-20)34-11-17(29)23-14-3-7-16(8-4-14)28(32)33/h1-8,12H,9-11H2,(H,23,29)(H,24,25,31)/t12-/m0/s1. The topological polar surface area (TPSA) is 147 Å². The third-order valence-corrected chi connectivity index (χ3v) is 6.93. The number of benzene rings is 2. The van der Waals surface area contributed by atoms with Gasteiger partial charge in [-0.1, -0.05) is 23.1 Å². The summed E-state index contributed by atoms with van der Waals surface area (Å²) < 4.78 is 13.6. The molecule has 1 saturated heterocycles. The summed E-state index contributed by atoms with van der Waals surface area (Å²) in [4.78, 5) is 48.6. The van der Waals surface area contributed by atoms with E-state index in [9.17, 15) is 28.9 Å². The van der Waals surface area contributed by atoms with E-state index in [1.165, 1.54) is 53.4 Å². The number of aromatic nitrogens is 2. The Morgan fingerprint density at radius 2 is 1.86 bits per heavy atom. The lowest BCUT2D eigenvalue weighted by atomic mass is 10.1. The summed E-state index contributed by atoms with van der Waals surface area (Å²) in [6.45, 7) is 0.166. The van der Waals surface area contributed by atoms with Crippen LogP contribution in [0.1, 0.15) is 6.42 Å². The van der Waals surface area contributed by atoms with E-state index in [2.05, 4.69) is 20.8 Å². The van der Waals surface area contributed by atoms with Crippen LogP contribution in [0.3, 0.4) is 0 Å². The molecular formula is C21H17FN6O5S2. The van der Waals surface area contributed by atoms with Gasteiger partial charge in [0.25, 0.3) is 5.69 Å². The van der Waals surface area contributed by atoms with Gasteiger partial charge in [-0.3, -0.25) is 24.5 Å². The van der Waals surface area contributed by atoms with Crippen molar-refractivity contribution in [2.24, 2.45) is 5.92 Å². The first-order valence-corrected chi connectivity index (χ1v) is 12.0. The minimum Gasteiger partial charge on any atom is -0.325 e. The molecule has 1 fully saturated rings. The Kier molecular flexibility index (Phi) is 7.31. The molecule has 0 spiro atoms. The van der Waals surface area contributed by atoms with Crippen LogP contribution in [-0.4, -0.2) is 45.1 Å². The van der Waals surface area contributed by atoms with Crippen molar-refractivity contribution in [1.29, 1.82) is 0 Å². The number of halogens is 1.